The van der Waals surface area contributed by atoms with Gasteiger partial charge >= 0.3 is 0 Å². The molecule has 0 amide bonds. The van der Waals surface area contributed by atoms with E-state index in [0.29, 0.717) is 30.5 Å². The normalized spacial score (nSPS) is 10.7. The van der Waals surface area contributed by atoms with Gasteiger partial charge < -0.3 is 25.5 Å². The van der Waals surface area contributed by atoms with Crippen LogP contribution < -0.4 is 15.4 Å². The Bertz CT molecular complexity index is 788. The minimum absolute atomic E-state index is 0.00847. The number of aromatic amines is 1. The Balaban J connectivity index is 1.81. The van der Waals surface area contributed by atoms with E-state index in [1.54, 1.807) is 13.4 Å². The maximum atomic E-state index is 8.90. The Morgan fingerprint density at radius 1 is 1.26 bits per heavy atom. The van der Waals surface area contributed by atoms with Crippen molar-refractivity contribution in [2.45, 2.75) is 6.54 Å². The molecule has 8 nitrogen and oxygen atoms in total. The van der Waals surface area contributed by atoms with Crippen LogP contribution in [0.15, 0.2) is 30.6 Å². The number of H-pyrrole nitrogens is 1. The molecule has 120 valence electrons. The van der Waals surface area contributed by atoms with Crippen LogP contribution in [0.4, 0.5) is 11.8 Å². The molecule has 0 aliphatic carbocycles. The van der Waals surface area contributed by atoms with Crippen LogP contribution in [0.2, 0.25) is 0 Å². The largest absolute Gasteiger partial charge is 0.497 e. The second-order valence-electron chi connectivity index (χ2n) is 4.85. The van der Waals surface area contributed by atoms with E-state index in [9.17, 15) is 0 Å². The third-order valence-electron chi connectivity index (χ3n) is 3.27. The number of nitrogens with one attached hydrogen (secondary N) is 3. The molecule has 3 aromatic rings. The number of aliphatic hydroxyl groups is 1. The summed E-state index contributed by atoms with van der Waals surface area (Å²) in [7, 11) is 1.64. The van der Waals surface area contributed by atoms with Crippen LogP contribution in [0.1, 0.15) is 5.56 Å². The molecule has 0 saturated heterocycles. The van der Waals surface area contributed by atoms with E-state index in [-0.39, 0.29) is 6.61 Å². The van der Waals surface area contributed by atoms with Crippen molar-refractivity contribution in [3.8, 4) is 5.75 Å². The third kappa shape index (κ3) is 3.49. The molecule has 2 aromatic heterocycles. The zero-order valence-corrected chi connectivity index (χ0v) is 12.7. The molecular weight excluding hydrogens is 296 g/mol. The monoisotopic (exact) mass is 314 g/mol. The number of aromatic nitrogens is 4. The molecule has 3 rings (SSSR count). The lowest BCUT2D eigenvalue weighted by Crippen LogP contribution is -2.11. The molecule has 0 aliphatic rings. The van der Waals surface area contributed by atoms with Crippen molar-refractivity contribution < 1.29 is 9.84 Å². The van der Waals surface area contributed by atoms with E-state index in [4.69, 9.17) is 9.84 Å². The van der Waals surface area contributed by atoms with E-state index in [2.05, 4.69) is 30.6 Å². The molecule has 0 spiro atoms. The number of hydrogen-bond donors (Lipinski definition) is 4. The average Bonchev–Trinajstić information content (AvgIpc) is 3.06. The van der Waals surface area contributed by atoms with Crippen molar-refractivity contribution in [2.24, 2.45) is 0 Å². The molecule has 23 heavy (non-hydrogen) atoms. The summed E-state index contributed by atoms with van der Waals surface area (Å²) in [5.74, 6) is 1.88. The van der Waals surface area contributed by atoms with Gasteiger partial charge in [0.1, 0.15) is 11.3 Å². The molecule has 0 radical (unpaired) electrons. The van der Waals surface area contributed by atoms with E-state index >= 15 is 0 Å². The van der Waals surface area contributed by atoms with Crippen molar-refractivity contribution in [2.75, 3.05) is 30.9 Å². The van der Waals surface area contributed by atoms with Gasteiger partial charge in [-0.3, -0.25) is 0 Å². The summed E-state index contributed by atoms with van der Waals surface area (Å²) in [4.78, 5) is 15.9. The molecule has 0 fully saturated rings. The van der Waals surface area contributed by atoms with Crippen LogP contribution in [0, 0.1) is 0 Å². The van der Waals surface area contributed by atoms with E-state index < -0.39 is 0 Å². The summed E-state index contributed by atoms with van der Waals surface area (Å²) < 4.78 is 5.22. The Morgan fingerprint density at radius 3 is 3.00 bits per heavy atom. The summed E-state index contributed by atoms with van der Waals surface area (Å²) >= 11 is 0. The lowest BCUT2D eigenvalue weighted by atomic mass is 10.2. The number of anilines is 2. The number of ether oxygens (including phenoxy) is 1. The summed E-state index contributed by atoms with van der Waals surface area (Å²) in [6, 6.07) is 7.81. The van der Waals surface area contributed by atoms with Gasteiger partial charge in [0.05, 0.1) is 20.0 Å². The minimum atomic E-state index is 0.00847. The molecular formula is C15H18N6O2. The number of methoxy groups -OCH3 is 1. The number of fused-ring (bicyclic) bond motifs is 1. The first-order valence-electron chi connectivity index (χ1n) is 7.23. The predicted octanol–water partition coefficient (Wildman–Crippen LogP) is 1.38. The van der Waals surface area contributed by atoms with Crippen LogP contribution in [0.3, 0.4) is 0 Å². The SMILES string of the molecule is COc1cccc(CNc2nc(NCCO)nc3nc[nH]c23)c1. The third-order valence-corrected chi connectivity index (χ3v) is 3.27. The smallest absolute Gasteiger partial charge is 0.226 e. The Morgan fingerprint density at radius 2 is 2.17 bits per heavy atom. The van der Waals surface area contributed by atoms with Crippen LogP contribution in [-0.4, -0.2) is 45.3 Å². The maximum Gasteiger partial charge on any atom is 0.226 e. The van der Waals surface area contributed by atoms with Gasteiger partial charge in [-0.05, 0) is 17.7 Å². The van der Waals surface area contributed by atoms with Crippen molar-refractivity contribution in [3.63, 3.8) is 0 Å². The maximum absolute atomic E-state index is 8.90. The fraction of sp³-hybridized carbons (Fsp3) is 0.267. The van der Waals surface area contributed by atoms with Crippen LogP contribution in [-0.2, 0) is 6.54 Å². The molecule has 0 unspecified atom stereocenters. The standard InChI is InChI=1S/C15H18N6O2/c1-23-11-4-2-3-10(7-11)8-17-13-12-14(19-9-18-12)21-15(20-13)16-5-6-22/h2-4,7,9,22H,5-6,8H2,1H3,(H3,16,17,18,19,20,21). The molecule has 0 saturated carbocycles. The Labute approximate surface area is 133 Å². The summed E-state index contributed by atoms with van der Waals surface area (Å²) in [6.45, 7) is 0.974. The first kappa shape index (κ1) is 15.0. The second kappa shape index (κ2) is 6.93. The van der Waals surface area contributed by atoms with Gasteiger partial charge in [-0.15, -0.1) is 0 Å². The molecule has 4 N–H and O–H groups in total. The highest BCUT2D eigenvalue weighted by Gasteiger charge is 2.09. The van der Waals surface area contributed by atoms with Gasteiger partial charge in [-0.25, -0.2) is 4.98 Å². The number of rotatable bonds is 7. The van der Waals surface area contributed by atoms with Crippen molar-refractivity contribution in [1.82, 2.24) is 19.9 Å². The molecule has 2 heterocycles. The quantitative estimate of drug-likeness (QED) is 0.522. The molecule has 0 atom stereocenters. The number of nitrogens with zero attached hydrogens (tertiary/aromatic N) is 3. The fourth-order valence-electron chi connectivity index (χ4n) is 2.18. The van der Waals surface area contributed by atoms with Gasteiger partial charge in [0, 0.05) is 13.1 Å². The summed E-state index contributed by atoms with van der Waals surface area (Å²) in [6.07, 6.45) is 1.58. The van der Waals surface area contributed by atoms with Crippen LogP contribution in [0.5, 0.6) is 5.75 Å². The number of aliphatic hydroxyl groups excluding tert-OH is 1. The molecule has 0 aliphatic heterocycles. The topological polar surface area (TPSA) is 108 Å². The van der Waals surface area contributed by atoms with E-state index in [0.717, 1.165) is 16.8 Å². The number of benzene rings is 1. The predicted molar refractivity (Wildman–Crippen MR) is 87.6 cm³/mol. The second-order valence-corrected chi connectivity index (χ2v) is 4.85. The zero-order chi connectivity index (χ0) is 16.1. The highest BCUT2D eigenvalue weighted by atomic mass is 16.5. The molecule has 1 aromatic carbocycles. The Kier molecular flexibility index (Phi) is 4.53. The number of hydrogen-bond acceptors (Lipinski definition) is 7. The Hall–Kier alpha value is -2.87. The number of imidazole rings is 1. The minimum Gasteiger partial charge on any atom is -0.497 e. The van der Waals surface area contributed by atoms with Crippen LogP contribution >= 0.6 is 0 Å². The van der Waals surface area contributed by atoms with Crippen molar-refractivity contribution in [3.05, 3.63) is 36.2 Å². The fourth-order valence-corrected chi connectivity index (χ4v) is 2.18. The lowest BCUT2D eigenvalue weighted by molar-refractivity contribution is 0.311. The highest BCUT2D eigenvalue weighted by Crippen LogP contribution is 2.20. The van der Waals surface area contributed by atoms with E-state index in [1.165, 1.54) is 0 Å². The lowest BCUT2D eigenvalue weighted by Gasteiger charge is -2.10. The van der Waals surface area contributed by atoms with Crippen molar-refractivity contribution >= 4 is 22.9 Å². The zero-order valence-electron chi connectivity index (χ0n) is 12.7. The summed E-state index contributed by atoms with van der Waals surface area (Å²) in [5, 5.41) is 15.1. The first-order valence-corrected chi connectivity index (χ1v) is 7.23. The van der Waals surface area contributed by atoms with Gasteiger partial charge in [0.25, 0.3) is 0 Å². The van der Waals surface area contributed by atoms with Gasteiger partial charge in [-0.1, -0.05) is 12.1 Å². The van der Waals surface area contributed by atoms with Crippen molar-refractivity contribution in [1.29, 1.82) is 0 Å². The first-order chi connectivity index (χ1) is 11.3. The van der Waals surface area contributed by atoms with Crippen LogP contribution in [0.25, 0.3) is 11.2 Å². The highest BCUT2D eigenvalue weighted by molar-refractivity contribution is 5.83. The summed E-state index contributed by atoms with van der Waals surface area (Å²) in [5.41, 5.74) is 2.37. The van der Waals surface area contributed by atoms with Gasteiger partial charge in [0.2, 0.25) is 5.95 Å². The van der Waals surface area contributed by atoms with E-state index in [1.807, 2.05) is 24.3 Å². The molecule has 0 bridgehead atoms. The average molecular weight is 314 g/mol. The van der Waals surface area contributed by atoms with Gasteiger partial charge in [0.15, 0.2) is 11.5 Å². The van der Waals surface area contributed by atoms with Gasteiger partial charge in [-0.2, -0.15) is 9.97 Å². The molecule has 8 heteroatoms.